The summed E-state index contributed by atoms with van der Waals surface area (Å²) in [6.07, 6.45) is -0.907. The zero-order valence-electron chi connectivity index (χ0n) is 26.2. The first kappa shape index (κ1) is 34.1. The predicted molar refractivity (Wildman–Crippen MR) is 171 cm³/mol. The van der Waals surface area contributed by atoms with Crippen LogP contribution >= 0.6 is 0 Å². The number of hydrogen-bond donors (Lipinski definition) is 1. The molecule has 3 aromatic rings. The number of esters is 1. The fraction of sp³-hybridized carbons (Fsp3) is 0.333. The largest absolute Gasteiger partial charge is 0.487 e. The van der Waals surface area contributed by atoms with Crippen LogP contribution in [-0.2, 0) is 19.1 Å². The molecule has 0 heterocycles. The third-order valence-corrected chi connectivity index (χ3v) is 6.46. The molecule has 44 heavy (non-hydrogen) atoms. The molecule has 0 aliphatic heterocycles. The average molecular weight is 603 g/mol. The van der Waals surface area contributed by atoms with Crippen molar-refractivity contribution < 1.29 is 38.4 Å². The number of Topliss-reactive ketones (excluding diaryl/α,β-unsaturated/α-hetero) is 1. The van der Waals surface area contributed by atoms with Gasteiger partial charge in [-0.2, -0.15) is 0 Å². The normalized spacial score (nSPS) is 11.8. The third kappa shape index (κ3) is 10.4. The minimum Gasteiger partial charge on any atom is -0.487 e. The van der Waals surface area contributed by atoms with E-state index in [2.05, 4.69) is 13.2 Å². The highest BCUT2D eigenvalue weighted by molar-refractivity contribution is 5.95. The minimum absolute atomic E-state index is 0.0584. The maximum absolute atomic E-state index is 11.7. The Balaban J connectivity index is 1.70. The van der Waals surface area contributed by atoms with E-state index in [1.807, 2.05) is 81.4 Å². The number of ether oxygens (including phenoxy) is 5. The SMILES string of the molecule is C=C(C)C(=O)COCCOc1cc(-c2ccc(-c3ccc(OC(O)C(C)(C)C)cc3)cc2)ccc1OCCOC(=O)C(=C)C. The number of carbonyl (C=O) groups is 2. The molecule has 0 spiro atoms. The van der Waals surface area contributed by atoms with Gasteiger partial charge in [0.25, 0.3) is 0 Å². The molecule has 0 saturated heterocycles. The van der Waals surface area contributed by atoms with Crippen LogP contribution in [0.4, 0.5) is 0 Å². The van der Waals surface area contributed by atoms with E-state index in [1.165, 1.54) is 0 Å². The van der Waals surface area contributed by atoms with Gasteiger partial charge in [-0.15, -0.1) is 0 Å². The van der Waals surface area contributed by atoms with Gasteiger partial charge >= 0.3 is 5.97 Å². The molecule has 0 radical (unpaired) electrons. The average Bonchev–Trinajstić information content (AvgIpc) is 2.99. The molecule has 0 aromatic heterocycles. The number of benzene rings is 3. The van der Waals surface area contributed by atoms with Gasteiger partial charge in [0.1, 0.15) is 32.2 Å². The molecule has 0 saturated carbocycles. The van der Waals surface area contributed by atoms with Gasteiger partial charge in [0, 0.05) is 11.0 Å². The molecule has 0 aliphatic rings. The summed E-state index contributed by atoms with van der Waals surface area (Å²) in [5.74, 6) is 0.931. The molecule has 1 unspecified atom stereocenters. The molecular formula is C36H42O8. The van der Waals surface area contributed by atoms with Crippen LogP contribution in [0.2, 0.25) is 0 Å². The van der Waals surface area contributed by atoms with Crippen molar-refractivity contribution in [1.29, 1.82) is 0 Å². The molecule has 234 valence electrons. The molecule has 0 bridgehead atoms. The Bertz CT molecular complexity index is 1430. The van der Waals surface area contributed by atoms with Crippen molar-refractivity contribution in [3.63, 3.8) is 0 Å². The zero-order valence-corrected chi connectivity index (χ0v) is 26.2. The summed E-state index contributed by atoms with van der Waals surface area (Å²) in [6.45, 7) is 16.7. The fourth-order valence-electron chi connectivity index (χ4n) is 3.71. The van der Waals surface area contributed by atoms with Gasteiger partial charge < -0.3 is 28.8 Å². The number of carbonyl (C=O) groups excluding carboxylic acids is 2. The lowest BCUT2D eigenvalue weighted by molar-refractivity contribution is -0.139. The number of aliphatic hydroxyl groups is 1. The first-order valence-electron chi connectivity index (χ1n) is 14.4. The molecule has 1 N–H and O–H groups in total. The maximum atomic E-state index is 11.7. The van der Waals surface area contributed by atoms with Crippen molar-refractivity contribution in [3.05, 3.63) is 91.0 Å². The van der Waals surface area contributed by atoms with E-state index >= 15 is 0 Å². The Morgan fingerprint density at radius 2 is 1.25 bits per heavy atom. The summed E-state index contributed by atoms with van der Waals surface area (Å²) in [7, 11) is 0. The predicted octanol–water partition coefficient (Wildman–Crippen LogP) is 6.80. The highest BCUT2D eigenvalue weighted by atomic mass is 16.6. The van der Waals surface area contributed by atoms with Gasteiger partial charge in [0.15, 0.2) is 17.3 Å². The summed E-state index contributed by atoms with van der Waals surface area (Å²) in [6, 6.07) is 21.3. The highest BCUT2D eigenvalue weighted by Crippen LogP contribution is 2.34. The van der Waals surface area contributed by atoms with E-state index in [-0.39, 0.29) is 44.2 Å². The van der Waals surface area contributed by atoms with Gasteiger partial charge in [-0.25, -0.2) is 4.79 Å². The van der Waals surface area contributed by atoms with E-state index in [1.54, 1.807) is 19.9 Å². The Labute approximate surface area is 259 Å². The van der Waals surface area contributed by atoms with Crippen molar-refractivity contribution in [2.24, 2.45) is 5.41 Å². The van der Waals surface area contributed by atoms with Crippen LogP contribution in [0.25, 0.3) is 22.3 Å². The molecule has 0 fully saturated rings. The highest BCUT2D eigenvalue weighted by Gasteiger charge is 2.23. The zero-order chi connectivity index (χ0) is 32.3. The molecule has 8 nitrogen and oxygen atoms in total. The number of hydrogen-bond acceptors (Lipinski definition) is 8. The summed E-state index contributed by atoms with van der Waals surface area (Å²) < 4.78 is 28.0. The minimum atomic E-state index is -0.907. The first-order chi connectivity index (χ1) is 20.8. The Morgan fingerprint density at radius 3 is 1.82 bits per heavy atom. The lowest BCUT2D eigenvalue weighted by Crippen LogP contribution is -2.31. The quantitative estimate of drug-likeness (QED) is 0.0827. The number of ketones is 1. The van der Waals surface area contributed by atoms with Gasteiger partial charge in [-0.3, -0.25) is 4.79 Å². The van der Waals surface area contributed by atoms with Crippen LogP contribution in [-0.4, -0.2) is 56.2 Å². The van der Waals surface area contributed by atoms with Gasteiger partial charge in [-0.05, 0) is 65.9 Å². The van der Waals surface area contributed by atoms with Crippen LogP contribution in [0, 0.1) is 5.41 Å². The Kier molecular flexibility index (Phi) is 12.3. The second kappa shape index (κ2) is 15.9. The second-order valence-electron chi connectivity index (χ2n) is 11.5. The summed E-state index contributed by atoms with van der Waals surface area (Å²) >= 11 is 0. The van der Waals surface area contributed by atoms with Crippen LogP contribution in [0.15, 0.2) is 91.0 Å². The monoisotopic (exact) mass is 602 g/mol. The van der Waals surface area contributed by atoms with Crippen LogP contribution in [0.5, 0.6) is 17.2 Å². The Hall–Kier alpha value is -4.40. The number of aliphatic hydroxyl groups excluding tert-OH is 1. The summed E-state index contributed by atoms with van der Waals surface area (Å²) in [5, 5.41) is 10.2. The topological polar surface area (TPSA) is 101 Å². The van der Waals surface area contributed by atoms with E-state index in [0.717, 1.165) is 22.3 Å². The van der Waals surface area contributed by atoms with Crippen molar-refractivity contribution >= 4 is 11.8 Å². The van der Waals surface area contributed by atoms with Gasteiger partial charge in [0.05, 0.1) is 6.61 Å². The van der Waals surface area contributed by atoms with Crippen LogP contribution in [0.3, 0.4) is 0 Å². The second-order valence-corrected chi connectivity index (χ2v) is 11.5. The van der Waals surface area contributed by atoms with Crippen molar-refractivity contribution in [2.75, 3.05) is 33.0 Å². The molecule has 3 aromatic carbocycles. The van der Waals surface area contributed by atoms with Crippen LogP contribution in [0.1, 0.15) is 34.6 Å². The third-order valence-electron chi connectivity index (χ3n) is 6.46. The summed E-state index contributed by atoms with van der Waals surface area (Å²) in [4.78, 5) is 23.4. The summed E-state index contributed by atoms with van der Waals surface area (Å²) in [5.41, 5.74) is 4.29. The molecule has 0 amide bonds. The molecular weight excluding hydrogens is 560 g/mol. The van der Waals surface area contributed by atoms with Crippen LogP contribution < -0.4 is 14.2 Å². The maximum Gasteiger partial charge on any atom is 0.333 e. The van der Waals surface area contributed by atoms with E-state index in [0.29, 0.717) is 28.4 Å². The smallest absolute Gasteiger partial charge is 0.333 e. The number of rotatable bonds is 16. The molecule has 8 heteroatoms. The van der Waals surface area contributed by atoms with E-state index in [4.69, 9.17) is 23.7 Å². The van der Waals surface area contributed by atoms with E-state index < -0.39 is 12.3 Å². The lowest BCUT2D eigenvalue weighted by atomic mass is 9.96. The lowest BCUT2D eigenvalue weighted by Gasteiger charge is -2.26. The van der Waals surface area contributed by atoms with Gasteiger partial charge in [0.2, 0.25) is 6.29 Å². The fourth-order valence-corrected chi connectivity index (χ4v) is 3.71. The Morgan fingerprint density at radius 1 is 0.727 bits per heavy atom. The van der Waals surface area contributed by atoms with Crippen molar-refractivity contribution in [1.82, 2.24) is 0 Å². The molecule has 0 aliphatic carbocycles. The first-order valence-corrected chi connectivity index (χ1v) is 14.4. The molecule has 3 rings (SSSR count). The van der Waals surface area contributed by atoms with E-state index in [9.17, 15) is 14.7 Å². The van der Waals surface area contributed by atoms with Crippen molar-refractivity contribution in [2.45, 2.75) is 40.9 Å². The molecule has 1 atom stereocenters. The van der Waals surface area contributed by atoms with Gasteiger partial charge in [-0.1, -0.05) is 76.4 Å². The standard InChI is InChI=1S/C36H42O8/c1-24(2)31(37)23-40-18-19-42-33-22-29(14-17-32(33)41-20-21-43-34(38)25(3)4)28-10-8-26(9-11-28)27-12-15-30(16-13-27)44-35(39)36(5,6)7/h8-17,22,35,39H,1,3,18-21,23H2,2,4-7H3. The van der Waals surface area contributed by atoms with Crippen molar-refractivity contribution in [3.8, 4) is 39.5 Å².